The Labute approximate surface area is 341 Å². The molecule has 3 saturated heterocycles. The molecule has 6 heterocycles. The Bertz CT molecular complexity index is 2330. The molecule has 3 aromatic heterocycles. The fraction of sp³-hybridized carbons (Fsp3) is 0.477. The van der Waals surface area contributed by atoms with Crippen LogP contribution in [0, 0.1) is 17.6 Å². The Hall–Kier alpha value is -5.41. The van der Waals surface area contributed by atoms with Crippen molar-refractivity contribution < 1.29 is 32.3 Å². The lowest BCUT2D eigenvalue weighted by atomic mass is 9.89. The number of anilines is 2. The minimum atomic E-state index is -0.987. The van der Waals surface area contributed by atoms with E-state index in [1.807, 2.05) is 17.0 Å². The second-order valence-corrected chi connectivity index (χ2v) is 16.6. The summed E-state index contributed by atoms with van der Waals surface area (Å²) in [7, 11) is 1.58. The summed E-state index contributed by atoms with van der Waals surface area (Å²) in [5.74, 6) is -2.70. The molecule has 1 saturated carbocycles. The van der Waals surface area contributed by atoms with Gasteiger partial charge in [-0.15, -0.1) is 0 Å². The van der Waals surface area contributed by atoms with Crippen LogP contribution < -0.4 is 20.3 Å². The number of amides is 3. The highest BCUT2D eigenvalue weighted by Crippen LogP contribution is 2.37. The molecule has 5 aromatic rings. The summed E-state index contributed by atoms with van der Waals surface area (Å²) in [5, 5.41) is 11.0. The summed E-state index contributed by atoms with van der Waals surface area (Å²) >= 11 is 0. The number of halogens is 2. The number of fused-ring (bicyclic) bond motifs is 2. The second kappa shape index (κ2) is 16.7. The molecule has 0 bridgehead atoms. The van der Waals surface area contributed by atoms with Gasteiger partial charge in [-0.3, -0.25) is 34.3 Å². The van der Waals surface area contributed by atoms with Gasteiger partial charge in [-0.05, 0) is 94.2 Å². The van der Waals surface area contributed by atoms with Crippen LogP contribution in [0.4, 0.5) is 20.2 Å². The Morgan fingerprint density at radius 3 is 2.42 bits per heavy atom. The zero-order chi connectivity index (χ0) is 40.6. The van der Waals surface area contributed by atoms with Crippen molar-refractivity contribution in [2.75, 3.05) is 63.1 Å². The highest BCUT2D eigenvalue weighted by Gasteiger charge is 2.34. The predicted molar refractivity (Wildman–Crippen MR) is 219 cm³/mol. The monoisotopic (exact) mass is 808 g/mol. The van der Waals surface area contributed by atoms with E-state index in [9.17, 15) is 14.4 Å². The maximum atomic E-state index is 15.2. The number of piperazine rings is 1. The SMILES string of the molecule is COc1cc2nn(C3CCC(N4CCN(CCC5CCN(c6cc(F)c([C@H]7CCC(=O)NC7=O)c(F)c6)CC5)CC4)CC3)cc2cc1NC(=O)c1coc2cccnc12. The van der Waals surface area contributed by atoms with Gasteiger partial charge in [0.15, 0.2) is 5.58 Å². The highest BCUT2D eigenvalue weighted by atomic mass is 19.1. The van der Waals surface area contributed by atoms with Gasteiger partial charge in [-0.1, -0.05) is 0 Å². The molecule has 9 rings (SSSR count). The Balaban J connectivity index is 0.718. The van der Waals surface area contributed by atoms with Crippen molar-refractivity contribution in [3.05, 3.63) is 77.8 Å². The lowest BCUT2D eigenvalue weighted by molar-refractivity contribution is -0.134. The number of benzene rings is 2. The number of hydrogen-bond donors (Lipinski definition) is 2. The van der Waals surface area contributed by atoms with E-state index in [2.05, 4.69) is 36.3 Å². The fourth-order valence-corrected chi connectivity index (χ4v) is 9.68. The van der Waals surface area contributed by atoms with E-state index in [4.69, 9.17) is 14.3 Å². The number of furan rings is 1. The van der Waals surface area contributed by atoms with Crippen molar-refractivity contribution in [1.82, 2.24) is 29.9 Å². The third-order valence-corrected chi connectivity index (χ3v) is 13.1. The van der Waals surface area contributed by atoms with Gasteiger partial charge >= 0.3 is 0 Å². The smallest absolute Gasteiger partial charge is 0.261 e. The molecule has 0 radical (unpaired) electrons. The molecule has 3 aliphatic heterocycles. The van der Waals surface area contributed by atoms with E-state index < -0.39 is 29.4 Å². The number of carbonyl (C=O) groups excluding carboxylic acids is 3. The summed E-state index contributed by atoms with van der Waals surface area (Å²) in [6, 6.07) is 10.9. The van der Waals surface area contributed by atoms with Gasteiger partial charge in [0.1, 0.15) is 34.7 Å². The van der Waals surface area contributed by atoms with E-state index >= 15 is 8.78 Å². The summed E-state index contributed by atoms with van der Waals surface area (Å²) in [6.45, 7) is 6.82. The first-order chi connectivity index (χ1) is 28.7. The number of nitrogens with zero attached hydrogens (tertiary/aromatic N) is 6. The van der Waals surface area contributed by atoms with Crippen molar-refractivity contribution in [3.8, 4) is 5.75 Å². The Morgan fingerprint density at radius 2 is 1.69 bits per heavy atom. The lowest BCUT2D eigenvalue weighted by Gasteiger charge is -2.42. The van der Waals surface area contributed by atoms with Crippen LogP contribution in [0.3, 0.4) is 0 Å². The predicted octanol–water partition coefficient (Wildman–Crippen LogP) is 6.64. The molecule has 1 atom stereocenters. The fourth-order valence-electron chi connectivity index (χ4n) is 9.68. The molecule has 4 aliphatic rings. The van der Waals surface area contributed by atoms with E-state index in [1.165, 1.54) is 18.4 Å². The molecule has 15 heteroatoms. The quantitative estimate of drug-likeness (QED) is 0.148. The molecule has 2 N–H and O–H groups in total. The number of carbonyl (C=O) groups is 3. The maximum Gasteiger partial charge on any atom is 0.261 e. The molecule has 0 spiro atoms. The molecule has 3 amide bonds. The number of piperidine rings is 2. The summed E-state index contributed by atoms with van der Waals surface area (Å²) in [6.07, 6.45) is 12.8. The summed E-state index contributed by atoms with van der Waals surface area (Å²) in [5.41, 5.74) is 3.07. The topological polar surface area (TPSA) is 138 Å². The lowest BCUT2D eigenvalue weighted by Crippen LogP contribution is -2.51. The molecule has 0 unspecified atom stereocenters. The third kappa shape index (κ3) is 8.14. The van der Waals surface area contributed by atoms with Crippen molar-refractivity contribution in [3.63, 3.8) is 0 Å². The Kier molecular flexibility index (Phi) is 11.0. The van der Waals surface area contributed by atoms with Gasteiger partial charge in [-0.2, -0.15) is 5.10 Å². The number of ether oxygens (including phenoxy) is 1. The van der Waals surface area contributed by atoms with Gasteiger partial charge in [0.05, 0.1) is 30.3 Å². The highest BCUT2D eigenvalue weighted by molar-refractivity contribution is 6.12. The average Bonchev–Trinajstić information content (AvgIpc) is 3.88. The minimum absolute atomic E-state index is 0.0732. The molecule has 1 aliphatic carbocycles. The van der Waals surface area contributed by atoms with E-state index in [0.29, 0.717) is 51.8 Å². The largest absolute Gasteiger partial charge is 0.494 e. The zero-order valence-electron chi connectivity index (χ0n) is 33.3. The normalized spacial score (nSPS) is 22.6. The first kappa shape index (κ1) is 39.1. The molecular formula is C44H50F2N8O5. The van der Waals surface area contributed by atoms with Crippen molar-refractivity contribution in [2.45, 2.75) is 75.8 Å². The second-order valence-electron chi connectivity index (χ2n) is 16.6. The van der Waals surface area contributed by atoms with E-state index in [-0.39, 0.29) is 24.3 Å². The first-order valence-electron chi connectivity index (χ1n) is 20.9. The number of methoxy groups -OCH3 is 1. The van der Waals surface area contributed by atoms with Crippen LogP contribution in [-0.4, -0.2) is 101 Å². The molecule has 2 aromatic carbocycles. The van der Waals surface area contributed by atoms with Crippen molar-refractivity contribution in [1.29, 1.82) is 0 Å². The molecular weight excluding hydrogens is 759 g/mol. The number of aromatic nitrogens is 3. The standard InChI is InChI=1S/C44H50F2N8O5/c1-58-39-24-36-28(21-37(39)48-44(57)33-26-59-38-3-2-13-47-42(33)38)25-54(50-36)30-6-4-29(5-7-30)53-19-17-51(18-20-53)14-10-27-11-15-52(16-12-27)31-22-34(45)41(35(46)23-31)32-8-9-40(55)49-43(32)56/h2-3,13,21-27,29-30,32H,4-12,14-20H2,1H3,(H,48,57)(H,49,55,56)/t29?,30?,32-/m1/s1. The zero-order valence-corrected chi connectivity index (χ0v) is 33.3. The van der Waals surface area contributed by atoms with E-state index in [1.54, 1.807) is 25.4 Å². The third-order valence-electron chi connectivity index (χ3n) is 13.1. The van der Waals surface area contributed by atoms with Crippen LogP contribution in [0.1, 0.15) is 85.7 Å². The number of rotatable bonds is 10. The van der Waals surface area contributed by atoms with Crippen molar-refractivity contribution in [2.24, 2.45) is 5.92 Å². The number of nitrogens with one attached hydrogen (secondary N) is 2. The van der Waals surface area contributed by atoms with Crippen LogP contribution in [0.5, 0.6) is 5.75 Å². The summed E-state index contributed by atoms with van der Waals surface area (Å²) in [4.78, 5) is 48.6. The van der Waals surface area contributed by atoms with Crippen LogP contribution in [0.25, 0.3) is 22.0 Å². The molecule has 310 valence electrons. The Morgan fingerprint density at radius 1 is 0.949 bits per heavy atom. The van der Waals surface area contributed by atoms with Crippen LogP contribution in [0.2, 0.25) is 0 Å². The molecule has 13 nitrogen and oxygen atoms in total. The average molecular weight is 809 g/mol. The molecule has 59 heavy (non-hydrogen) atoms. The number of pyridine rings is 1. The van der Waals surface area contributed by atoms with Crippen LogP contribution in [0.15, 0.2) is 59.5 Å². The van der Waals surface area contributed by atoms with Gasteiger partial charge in [0.2, 0.25) is 11.8 Å². The van der Waals surface area contributed by atoms with E-state index in [0.717, 1.165) is 102 Å². The van der Waals surface area contributed by atoms with Gasteiger partial charge in [0, 0.05) is 86.8 Å². The van der Waals surface area contributed by atoms with Crippen LogP contribution >= 0.6 is 0 Å². The maximum absolute atomic E-state index is 15.2. The number of imide groups is 1. The number of hydrogen-bond acceptors (Lipinski definition) is 10. The van der Waals surface area contributed by atoms with Crippen LogP contribution in [-0.2, 0) is 9.59 Å². The minimum Gasteiger partial charge on any atom is -0.494 e. The van der Waals surface area contributed by atoms with Gasteiger partial charge < -0.3 is 24.3 Å². The van der Waals surface area contributed by atoms with Gasteiger partial charge in [-0.25, -0.2) is 8.78 Å². The summed E-state index contributed by atoms with van der Waals surface area (Å²) < 4.78 is 43.6. The van der Waals surface area contributed by atoms with Crippen molar-refractivity contribution >= 4 is 51.1 Å². The molecule has 4 fully saturated rings. The first-order valence-corrected chi connectivity index (χ1v) is 20.9. The van der Waals surface area contributed by atoms with Gasteiger partial charge in [0.25, 0.3) is 5.91 Å².